The number of fused-ring (bicyclic) bond motifs is 1. The summed E-state index contributed by atoms with van der Waals surface area (Å²) in [6.45, 7) is 2.92. The molecular formula is C55H86N14O12S. The van der Waals surface area contributed by atoms with Gasteiger partial charge in [-0.1, -0.05) is 63.8 Å². The smallest absolute Gasteiger partial charge is 0.326 e. The number of nitrogens with zero attached hydrogens (tertiary/aromatic N) is 4. The summed E-state index contributed by atoms with van der Waals surface area (Å²) in [6.07, 6.45) is 7.79. The van der Waals surface area contributed by atoms with Crippen LogP contribution in [0.4, 0.5) is 0 Å². The molecule has 82 heavy (non-hydrogen) atoms. The van der Waals surface area contributed by atoms with Crippen molar-refractivity contribution in [2.45, 2.75) is 178 Å². The van der Waals surface area contributed by atoms with E-state index in [2.05, 4.69) is 36.9 Å². The number of aliphatic hydroxyl groups is 1. The molecule has 3 heterocycles. The zero-order chi connectivity index (χ0) is 59.6. The van der Waals surface area contributed by atoms with Crippen molar-refractivity contribution in [1.29, 1.82) is 0 Å². The number of hydrogen-bond donors (Lipinski definition) is 12. The normalized spacial score (nSPS) is 21.3. The highest BCUT2D eigenvalue weighted by atomic mass is 32.2. The summed E-state index contributed by atoms with van der Waals surface area (Å²) >= 11 is 1.31. The number of rotatable bonds is 28. The number of amides is 9. The van der Waals surface area contributed by atoms with Crippen LogP contribution in [0.15, 0.2) is 29.3 Å². The summed E-state index contributed by atoms with van der Waals surface area (Å²) in [4.78, 5) is 147. The molecule has 0 spiro atoms. The second kappa shape index (κ2) is 31.2. The Hall–Kier alpha value is -6.58. The van der Waals surface area contributed by atoms with Gasteiger partial charge in [-0.25, -0.2) is 4.79 Å². The monoisotopic (exact) mass is 1170 g/mol. The average Bonchev–Trinajstić information content (AvgIpc) is 4.45. The quantitative estimate of drug-likeness (QED) is 0.0245. The summed E-state index contributed by atoms with van der Waals surface area (Å²) in [5, 5.41) is 36.9. The van der Waals surface area contributed by atoms with Gasteiger partial charge in [0.25, 0.3) is 0 Å². The first kappa shape index (κ1) is 64.6. The molecule has 2 unspecified atom stereocenters. The van der Waals surface area contributed by atoms with Crippen LogP contribution >= 0.6 is 11.8 Å². The largest absolute Gasteiger partial charge is 0.480 e. The third kappa shape index (κ3) is 17.5. The van der Waals surface area contributed by atoms with E-state index in [-0.39, 0.29) is 87.1 Å². The van der Waals surface area contributed by atoms with Crippen molar-refractivity contribution < 1.29 is 58.2 Å². The molecule has 5 aliphatic rings. The van der Waals surface area contributed by atoms with Gasteiger partial charge >= 0.3 is 5.97 Å². The minimum absolute atomic E-state index is 0.0384. The van der Waals surface area contributed by atoms with Crippen LogP contribution in [0.2, 0.25) is 0 Å². The first-order valence-electron chi connectivity index (χ1n) is 28.9. The van der Waals surface area contributed by atoms with Crippen molar-refractivity contribution in [2.24, 2.45) is 45.7 Å². The lowest BCUT2D eigenvalue weighted by Crippen LogP contribution is -2.62. The standard InChI is InChI=1S/C55H86N14O12S/c1-31(2)24-38(63-46(72)36(57)18-9-21-56)47(73)62-37(19-10-22-60-55(58)59)51(77)67-23-11-20-40(67)53(79)69-30-82-29-42(69)48(74)61-26-43(71)65-44(32-12-3-4-13-32)50(76)64-39(28-70)52(78)68-27-35-17-8-7-16-34(35)25-41(68)49(75)66-45(54(80)81)33-14-5-6-15-33/h7-8,16-17,31-33,36-42,44-45,70H,3-6,9-15,18-30,56-57H2,1-2H3,(H,61,74)(H,62,73)(H,63,72)(H,64,76)(H,65,71)(H,66,75)(H,80,81)(H4,58,59,60)/t36-,37+,38+,39+,40+,41-,42+,44?,45?/m1/s1. The van der Waals surface area contributed by atoms with E-state index in [1.807, 2.05) is 19.9 Å². The molecule has 4 fully saturated rings. The fourth-order valence-corrected chi connectivity index (χ4v) is 13.0. The summed E-state index contributed by atoms with van der Waals surface area (Å²) in [5.41, 5.74) is 24.3. The minimum Gasteiger partial charge on any atom is -0.480 e. The lowest BCUT2D eigenvalue weighted by molar-refractivity contribution is -0.148. The number of nitrogens with one attached hydrogen (secondary N) is 6. The SMILES string of the molecule is CC(C)C[C@H](NC(=O)[C@H](N)CCCN)C(=O)N[C@@H](CCCN=C(N)N)C(=O)N1CCC[C@H]1C(=O)N1CSC[C@H]1C(=O)NCC(=O)NC(C(=O)N[C@@H](CO)C(=O)N1Cc2ccccc2C[C@@H]1C(=O)NC(C(=O)O)C1CCCC1)C1CCCC1. The van der Waals surface area contributed by atoms with E-state index < -0.39 is 127 Å². The van der Waals surface area contributed by atoms with Gasteiger partial charge in [-0.15, -0.1) is 11.8 Å². The van der Waals surface area contributed by atoms with Crippen LogP contribution in [-0.2, 0) is 60.9 Å². The van der Waals surface area contributed by atoms with Crippen LogP contribution in [0.3, 0.4) is 0 Å². The molecule has 0 aromatic heterocycles. The molecule has 2 saturated carbocycles. The van der Waals surface area contributed by atoms with Crippen molar-refractivity contribution >= 4 is 76.9 Å². The number of likely N-dealkylation sites (tertiary alicyclic amines) is 1. The van der Waals surface area contributed by atoms with Crippen LogP contribution < -0.4 is 54.8 Å². The molecule has 6 rings (SSSR count). The number of hydrogen-bond acceptors (Lipinski definition) is 15. The van der Waals surface area contributed by atoms with Gasteiger partial charge in [0.1, 0.15) is 48.3 Å². The fourth-order valence-electron chi connectivity index (χ4n) is 11.8. The average molecular weight is 1170 g/mol. The first-order chi connectivity index (χ1) is 39.2. The van der Waals surface area contributed by atoms with E-state index in [0.29, 0.717) is 51.5 Å². The highest BCUT2D eigenvalue weighted by Crippen LogP contribution is 2.32. The van der Waals surface area contributed by atoms with E-state index in [9.17, 15) is 58.2 Å². The Morgan fingerprint density at radius 1 is 0.695 bits per heavy atom. The second-order valence-corrected chi connectivity index (χ2v) is 23.6. The first-order valence-corrected chi connectivity index (χ1v) is 30.1. The van der Waals surface area contributed by atoms with Crippen LogP contribution in [0.5, 0.6) is 0 Å². The van der Waals surface area contributed by atoms with Gasteiger partial charge in [-0.2, -0.15) is 0 Å². The van der Waals surface area contributed by atoms with E-state index in [0.717, 1.165) is 36.8 Å². The number of thioether (sulfide) groups is 1. The van der Waals surface area contributed by atoms with Crippen molar-refractivity contribution in [3.63, 3.8) is 0 Å². The van der Waals surface area contributed by atoms with Crippen LogP contribution in [0.1, 0.15) is 121 Å². The number of carboxylic acids is 1. The predicted octanol–water partition coefficient (Wildman–Crippen LogP) is -2.00. The molecule has 0 bridgehead atoms. The molecule has 1 aromatic carbocycles. The van der Waals surface area contributed by atoms with Gasteiger partial charge in [0, 0.05) is 31.8 Å². The molecule has 27 heteroatoms. The Kier molecular flexibility index (Phi) is 24.6. The zero-order valence-corrected chi connectivity index (χ0v) is 48.0. The Balaban J connectivity index is 1.09. The third-order valence-electron chi connectivity index (χ3n) is 16.2. The number of carbonyl (C=O) groups is 10. The van der Waals surface area contributed by atoms with E-state index in [4.69, 9.17) is 22.9 Å². The lowest BCUT2D eigenvalue weighted by atomic mass is 9.91. The third-order valence-corrected chi connectivity index (χ3v) is 17.2. The molecule has 26 nitrogen and oxygen atoms in total. The number of aliphatic imine (C=N–C) groups is 1. The number of carboxylic acid groups (broad SMARTS) is 1. The second-order valence-electron chi connectivity index (χ2n) is 22.6. The van der Waals surface area contributed by atoms with Crippen molar-refractivity contribution in [3.05, 3.63) is 35.4 Å². The zero-order valence-electron chi connectivity index (χ0n) is 47.2. The Morgan fingerprint density at radius 2 is 1.33 bits per heavy atom. The minimum atomic E-state index is -1.55. The molecule has 454 valence electrons. The van der Waals surface area contributed by atoms with E-state index in [1.165, 1.54) is 26.5 Å². The predicted molar refractivity (Wildman–Crippen MR) is 304 cm³/mol. The fraction of sp³-hybridized carbons (Fsp3) is 0.691. The van der Waals surface area contributed by atoms with E-state index in [1.54, 1.807) is 18.2 Å². The van der Waals surface area contributed by atoms with Crippen molar-refractivity contribution in [2.75, 3.05) is 44.4 Å². The number of aliphatic hydroxyl groups excluding tert-OH is 1. The number of nitrogens with two attached hydrogens (primary N) is 4. The maximum Gasteiger partial charge on any atom is 0.326 e. The summed E-state index contributed by atoms with van der Waals surface area (Å²) in [6, 6.07) is -2.96. The highest BCUT2D eigenvalue weighted by molar-refractivity contribution is 7.99. The van der Waals surface area contributed by atoms with Crippen LogP contribution in [-0.4, -0.2) is 189 Å². The Bertz CT molecular complexity index is 2470. The van der Waals surface area contributed by atoms with Crippen molar-refractivity contribution in [1.82, 2.24) is 46.6 Å². The van der Waals surface area contributed by atoms with Gasteiger partial charge in [0.2, 0.25) is 53.2 Å². The Morgan fingerprint density at radius 3 is 1.96 bits per heavy atom. The van der Waals surface area contributed by atoms with Gasteiger partial charge in [-0.3, -0.25) is 48.1 Å². The summed E-state index contributed by atoms with van der Waals surface area (Å²) in [5.74, 6) is -7.50. The van der Waals surface area contributed by atoms with Gasteiger partial charge in [-0.05, 0) is 106 Å². The lowest BCUT2D eigenvalue weighted by Gasteiger charge is -2.38. The number of aliphatic carboxylic acids is 1. The molecule has 16 N–H and O–H groups in total. The Labute approximate surface area is 482 Å². The topological polar surface area (TPSA) is 409 Å². The molecule has 0 radical (unpaired) electrons. The van der Waals surface area contributed by atoms with Crippen LogP contribution in [0.25, 0.3) is 0 Å². The van der Waals surface area contributed by atoms with Gasteiger partial charge in [0.15, 0.2) is 5.96 Å². The van der Waals surface area contributed by atoms with Crippen LogP contribution in [0, 0.1) is 17.8 Å². The molecular weight excluding hydrogens is 1080 g/mol. The molecule has 1 aromatic rings. The van der Waals surface area contributed by atoms with Gasteiger partial charge < -0.3 is 79.7 Å². The number of carbonyl (C=O) groups excluding carboxylic acids is 9. The molecule has 3 aliphatic heterocycles. The van der Waals surface area contributed by atoms with E-state index >= 15 is 0 Å². The maximum atomic E-state index is 14.5. The molecule has 2 aliphatic carbocycles. The summed E-state index contributed by atoms with van der Waals surface area (Å²) in [7, 11) is 0. The maximum absolute atomic E-state index is 14.5. The number of benzene rings is 1. The highest BCUT2D eigenvalue weighted by Gasteiger charge is 2.46. The van der Waals surface area contributed by atoms with Crippen molar-refractivity contribution in [3.8, 4) is 0 Å². The molecule has 9 atom stereocenters. The number of guanidine groups is 1. The van der Waals surface area contributed by atoms with Gasteiger partial charge in [0.05, 0.1) is 25.1 Å². The summed E-state index contributed by atoms with van der Waals surface area (Å²) < 4.78 is 0. The molecule has 9 amide bonds. The molecule has 2 saturated heterocycles.